The van der Waals surface area contributed by atoms with Crippen molar-refractivity contribution >= 4 is 0 Å². The molecule has 0 heterocycles. The average molecular weight is 237 g/mol. The second kappa shape index (κ2) is 5.52. The maximum atomic E-state index is 5.56. The summed E-state index contributed by atoms with van der Waals surface area (Å²) in [5.74, 6) is 0.933. The highest BCUT2D eigenvalue weighted by Gasteiger charge is 2.22. The van der Waals surface area contributed by atoms with Crippen LogP contribution in [0.2, 0.25) is 0 Å². The Morgan fingerprint density at radius 3 is 2.06 bits per heavy atom. The lowest BCUT2D eigenvalue weighted by molar-refractivity contribution is -0.00746. The standard InChI is InChI=1S/C14H23NO2/c1-9-8-10(2)12(13(16-6)11(9)3)14(17-7)15(4)5/h8,14H,1-7H3. The van der Waals surface area contributed by atoms with E-state index in [2.05, 4.69) is 26.8 Å². The molecule has 3 heteroatoms. The molecular formula is C14H23NO2. The van der Waals surface area contributed by atoms with Crippen molar-refractivity contribution in [3.8, 4) is 5.75 Å². The van der Waals surface area contributed by atoms with Crippen molar-refractivity contribution in [2.24, 2.45) is 0 Å². The molecule has 0 amide bonds. The second-order valence-corrected chi connectivity index (χ2v) is 4.63. The van der Waals surface area contributed by atoms with Crippen molar-refractivity contribution in [2.75, 3.05) is 28.3 Å². The summed E-state index contributed by atoms with van der Waals surface area (Å²) in [7, 11) is 7.44. The number of benzene rings is 1. The van der Waals surface area contributed by atoms with Crippen LogP contribution in [0.25, 0.3) is 0 Å². The topological polar surface area (TPSA) is 21.7 Å². The summed E-state index contributed by atoms with van der Waals surface area (Å²) in [4.78, 5) is 2.04. The van der Waals surface area contributed by atoms with Gasteiger partial charge in [-0.15, -0.1) is 0 Å². The number of rotatable bonds is 4. The Morgan fingerprint density at radius 2 is 1.65 bits per heavy atom. The largest absolute Gasteiger partial charge is 0.496 e. The van der Waals surface area contributed by atoms with Crippen molar-refractivity contribution in [1.29, 1.82) is 0 Å². The number of ether oxygens (including phenoxy) is 2. The van der Waals surface area contributed by atoms with Crippen LogP contribution in [0.15, 0.2) is 6.07 Å². The molecule has 0 aromatic heterocycles. The molecule has 0 spiro atoms. The van der Waals surface area contributed by atoms with E-state index < -0.39 is 0 Å². The van der Waals surface area contributed by atoms with Crippen molar-refractivity contribution < 1.29 is 9.47 Å². The summed E-state index contributed by atoms with van der Waals surface area (Å²) in [5.41, 5.74) is 4.74. The zero-order valence-electron chi connectivity index (χ0n) is 11.9. The van der Waals surface area contributed by atoms with Gasteiger partial charge >= 0.3 is 0 Å². The van der Waals surface area contributed by atoms with Gasteiger partial charge in [0, 0.05) is 12.7 Å². The fraction of sp³-hybridized carbons (Fsp3) is 0.571. The molecule has 17 heavy (non-hydrogen) atoms. The zero-order chi connectivity index (χ0) is 13.2. The molecule has 0 aliphatic heterocycles. The van der Waals surface area contributed by atoms with Crippen molar-refractivity contribution in [3.05, 3.63) is 28.3 Å². The van der Waals surface area contributed by atoms with Crippen LogP contribution in [0.3, 0.4) is 0 Å². The predicted molar refractivity (Wildman–Crippen MR) is 70.6 cm³/mol. The molecular weight excluding hydrogens is 214 g/mol. The number of methoxy groups -OCH3 is 2. The molecule has 0 N–H and O–H groups in total. The van der Waals surface area contributed by atoms with Gasteiger partial charge in [-0.25, -0.2) is 0 Å². The van der Waals surface area contributed by atoms with Gasteiger partial charge in [0.25, 0.3) is 0 Å². The van der Waals surface area contributed by atoms with Gasteiger partial charge in [0.2, 0.25) is 0 Å². The number of nitrogens with zero attached hydrogens (tertiary/aromatic N) is 1. The van der Waals surface area contributed by atoms with Gasteiger partial charge in [-0.3, -0.25) is 4.90 Å². The highest BCUT2D eigenvalue weighted by atomic mass is 16.5. The van der Waals surface area contributed by atoms with Crippen molar-refractivity contribution in [1.82, 2.24) is 4.90 Å². The highest BCUT2D eigenvalue weighted by Crippen LogP contribution is 2.36. The van der Waals surface area contributed by atoms with Crippen molar-refractivity contribution in [3.63, 3.8) is 0 Å². The van der Waals surface area contributed by atoms with Crippen LogP contribution in [0.1, 0.15) is 28.5 Å². The first-order valence-corrected chi connectivity index (χ1v) is 5.77. The summed E-state index contributed by atoms with van der Waals surface area (Å²) in [5, 5.41) is 0. The van der Waals surface area contributed by atoms with E-state index in [1.54, 1.807) is 14.2 Å². The molecule has 1 atom stereocenters. The molecule has 96 valence electrons. The Kier molecular flexibility index (Phi) is 4.54. The molecule has 0 radical (unpaired) electrons. The van der Waals surface area contributed by atoms with Gasteiger partial charge in [-0.1, -0.05) is 6.07 Å². The number of aryl methyl sites for hydroxylation is 2. The van der Waals surface area contributed by atoms with Crippen LogP contribution in [0.4, 0.5) is 0 Å². The Bertz CT molecular complexity index is 400. The zero-order valence-corrected chi connectivity index (χ0v) is 11.9. The minimum atomic E-state index is -0.0794. The molecule has 1 aromatic carbocycles. The fourth-order valence-electron chi connectivity index (χ4n) is 2.23. The molecule has 0 saturated carbocycles. The highest BCUT2D eigenvalue weighted by molar-refractivity contribution is 5.50. The fourth-order valence-corrected chi connectivity index (χ4v) is 2.23. The third-order valence-corrected chi connectivity index (χ3v) is 3.18. The smallest absolute Gasteiger partial charge is 0.139 e. The average Bonchev–Trinajstić information content (AvgIpc) is 2.26. The first-order chi connectivity index (χ1) is 7.93. The minimum Gasteiger partial charge on any atom is -0.496 e. The van der Waals surface area contributed by atoms with Gasteiger partial charge in [-0.05, 0) is 51.6 Å². The Balaban J connectivity index is 3.45. The van der Waals surface area contributed by atoms with Crippen LogP contribution in [0, 0.1) is 20.8 Å². The quantitative estimate of drug-likeness (QED) is 0.752. The minimum absolute atomic E-state index is 0.0794. The van der Waals surface area contributed by atoms with E-state index in [-0.39, 0.29) is 6.23 Å². The summed E-state index contributed by atoms with van der Waals surface area (Å²) < 4.78 is 11.1. The molecule has 0 bridgehead atoms. The van der Waals surface area contributed by atoms with Crippen LogP contribution >= 0.6 is 0 Å². The van der Waals surface area contributed by atoms with Gasteiger partial charge < -0.3 is 9.47 Å². The lowest BCUT2D eigenvalue weighted by Crippen LogP contribution is -2.23. The van der Waals surface area contributed by atoms with E-state index in [0.717, 1.165) is 11.3 Å². The number of hydrogen-bond acceptors (Lipinski definition) is 3. The van der Waals surface area contributed by atoms with Gasteiger partial charge in [0.15, 0.2) is 0 Å². The van der Waals surface area contributed by atoms with Crippen LogP contribution < -0.4 is 4.74 Å². The Hall–Kier alpha value is -1.06. The SMILES string of the molecule is COc1c(C)c(C)cc(C)c1C(OC)N(C)C. The van der Waals surface area contributed by atoms with E-state index in [0.29, 0.717) is 0 Å². The third-order valence-electron chi connectivity index (χ3n) is 3.18. The van der Waals surface area contributed by atoms with E-state index in [1.165, 1.54) is 16.7 Å². The van der Waals surface area contributed by atoms with Crippen LogP contribution in [-0.2, 0) is 4.74 Å². The number of hydrogen-bond donors (Lipinski definition) is 0. The van der Waals surface area contributed by atoms with Gasteiger partial charge in [0.05, 0.1) is 7.11 Å². The molecule has 1 rings (SSSR count). The summed E-state index contributed by atoms with van der Waals surface area (Å²) >= 11 is 0. The van der Waals surface area contributed by atoms with E-state index in [4.69, 9.17) is 9.47 Å². The molecule has 0 saturated heterocycles. The molecule has 3 nitrogen and oxygen atoms in total. The molecule has 1 unspecified atom stereocenters. The summed E-state index contributed by atoms with van der Waals surface area (Å²) in [6.45, 7) is 6.28. The van der Waals surface area contributed by atoms with E-state index >= 15 is 0 Å². The summed E-state index contributed by atoms with van der Waals surface area (Å²) in [6, 6.07) is 2.18. The normalized spacial score (nSPS) is 12.9. The lowest BCUT2D eigenvalue weighted by atomic mass is 9.97. The Morgan fingerprint density at radius 1 is 1.06 bits per heavy atom. The first kappa shape index (κ1) is 14.0. The molecule has 1 aromatic rings. The molecule has 0 fully saturated rings. The van der Waals surface area contributed by atoms with Gasteiger partial charge in [0.1, 0.15) is 12.0 Å². The predicted octanol–water partition coefficient (Wildman–Crippen LogP) is 2.83. The molecule has 0 aliphatic rings. The van der Waals surface area contributed by atoms with Crippen LogP contribution in [-0.4, -0.2) is 33.2 Å². The second-order valence-electron chi connectivity index (χ2n) is 4.63. The van der Waals surface area contributed by atoms with Crippen molar-refractivity contribution in [2.45, 2.75) is 27.0 Å². The maximum Gasteiger partial charge on any atom is 0.139 e. The maximum absolute atomic E-state index is 5.56. The van der Waals surface area contributed by atoms with E-state index in [1.807, 2.05) is 19.0 Å². The van der Waals surface area contributed by atoms with E-state index in [9.17, 15) is 0 Å². The van der Waals surface area contributed by atoms with Gasteiger partial charge in [-0.2, -0.15) is 0 Å². The summed E-state index contributed by atoms with van der Waals surface area (Å²) in [6.07, 6.45) is -0.0794. The first-order valence-electron chi connectivity index (χ1n) is 5.77. The lowest BCUT2D eigenvalue weighted by Gasteiger charge is -2.27. The monoisotopic (exact) mass is 237 g/mol. The Labute approximate surface area is 104 Å². The van der Waals surface area contributed by atoms with Crippen LogP contribution in [0.5, 0.6) is 5.75 Å². The molecule has 0 aliphatic carbocycles. The third kappa shape index (κ3) is 2.61.